The Kier molecular flexibility index (Phi) is 4.22. The zero-order valence-electron chi connectivity index (χ0n) is 13.9. The molecule has 0 aliphatic rings. The monoisotopic (exact) mass is 361 g/mol. The molecule has 1 unspecified atom stereocenters. The van der Waals surface area contributed by atoms with Gasteiger partial charge in [-0.05, 0) is 25.1 Å². The van der Waals surface area contributed by atoms with Gasteiger partial charge in [0.05, 0.1) is 6.33 Å². The van der Waals surface area contributed by atoms with Crippen molar-refractivity contribution in [1.29, 1.82) is 0 Å². The van der Waals surface area contributed by atoms with E-state index in [1.165, 1.54) is 29.6 Å². The fourth-order valence-electron chi connectivity index (χ4n) is 2.60. The molecule has 8 nitrogen and oxygen atoms in total. The maximum absolute atomic E-state index is 12.5. The summed E-state index contributed by atoms with van der Waals surface area (Å²) < 4.78 is 3.72. The van der Waals surface area contributed by atoms with Crippen molar-refractivity contribution < 1.29 is 4.79 Å². The Balaban J connectivity index is 2.03. The molecule has 2 aromatic heterocycles. The van der Waals surface area contributed by atoms with E-state index in [-0.39, 0.29) is 17.1 Å². The van der Waals surface area contributed by atoms with Crippen molar-refractivity contribution >= 4 is 34.4 Å². The topological polar surface area (TPSA) is 90.9 Å². The lowest BCUT2D eigenvalue weighted by molar-refractivity contribution is -0.118. The van der Waals surface area contributed by atoms with Gasteiger partial charge < -0.3 is 9.88 Å². The smallest absolute Gasteiger partial charge is 0.324 e. The van der Waals surface area contributed by atoms with Crippen molar-refractivity contribution in [3.8, 4) is 0 Å². The highest BCUT2D eigenvalue weighted by Gasteiger charge is 2.21. The van der Waals surface area contributed by atoms with Gasteiger partial charge >= 0.3 is 5.69 Å². The van der Waals surface area contributed by atoms with Gasteiger partial charge in [-0.2, -0.15) is 0 Å². The Hall–Kier alpha value is -2.87. The van der Waals surface area contributed by atoms with Gasteiger partial charge in [-0.1, -0.05) is 17.7 Å². The molecule has 1 atom stereocenters. The van der Waals surface area contributed by atoms with Crippen LogP contribution in [0.4, 0.5) is 5.69 Å². The van der Waals surface area contributed by atoms with Crippen LogP contribution >= 0.6 is 11.6 Å². The van der Waals surface area contributed by atoms with Crippen LogP contribution in [0, 0.1) is 0 Å². The number of rotatable bonds is 3. The normalized spacial score (nSPS) is 12.3. The number of benzene rings is 1. The Bertz CT molecular complexity index is 1100. The van der Waals surface area contributed by atoms with E-state index in [0.717, 1.165) is 4.57 Å². The van der Waals surface area contributed by atoms with Gasteiger partial charge in [0.1, 0.15) is 6.04 Å². The number of nitrogens with one attached hydrogen (secondary N) is 1. The molecule has 25 heavy (non-hydrogen) atoms. The molecule has 0 radical (unpaired) electrons. The largest absolute Gasteiger partial charge is 0.332 e. The molecule has 1 amide bonds. The average Bonchev–Trinajstić information content (AvgIpc) is 3.02. The van der Waals surface area contributed by atoms with Crippen molar-refractivity contribution in [3.63, 3.8) is 0 Å². The maximum atomic E-state index is 12.5. The molecule has 3 rings (SSSR count). The van der Waals surface area contributed by atoms with Crippen LogP contribution in [0.3, 0.4) is 0 Å². The van der Waals surface area contributed by atoms with Gasteiger partial charge in [0, 0.05) is 24.8 Å². The summed E-state index contributed by atoms with van der Waals surface area (Å²) in [7, 11) is 2.91. The van der Waals surface area contributed by atoms with Crippen molar-refractivity contribution in [3.05, 3.63) is 56.5 Å². The number of carbonyl (C=O) groups is 1. The first kappa shape index (κ1) is 17.0. The number of aromatic nitrogens is 4. The first-order chi connectivity index (χ1) is 11.8. The molecular formula is C16H16ClN5O3. The van der Waals surface area contributed by atoms with E-state index in [1.54, 1.807) is 31.2 Å². The summed E-state index contributed by atoms with van der Waals surface area (Å²) in [6, 6.07) is 6.05. The predicted molar refractivity (Wildman–Crippen MR) is 95.0 cm³/mol. The second-order valence-electron chi connectivity index (χ2n) is 5.71. The molecule has 2 heterocycles. The van der Waals surface area contributed by atoms with Gasteiger partial charge in [-0.3, -0.25) is 18.7 Å². The highest BCUT2D eigenvalue weighted by molar-refractivity contribution is 6.30. The summed E-state index contributed by atoms with van der Waals surface area (Å²) in [5.41, 5.74) is -0.000268. The third-order valence-electron chi connectivity index (χ3n) is 4.06. The standard InChI is InChI=1S/C16H16ClN5O3/c1-9(14(23)19-11-6-4-5-10(17)7-11)22-8-18-13-12(22)15(24)21(3)16(25)20(13)2/h4-9H,1-3H3,(H,19,23). The Morgan fingerprint density at radius 3 is 2.64 bits per heavy atom. The molecule has 0 aliphatic carbocycles. The minimum absolute atomic E-state index is 0.193. The molecule has 0 saturated carbocycles. The maximum Gasteiger partial charge on any atom is 0.332 e. The van der Waals surface area contributed by atoms with E-state index in [2.05, 4.69) is 10.3 Å². The Morgan fingerprint density at radius 1 is 1.24 bits per heavy atom. The van der Waals surface area contributed by atoms with Crippen molar-refractivity contribution in [2.45, 2.75) is 13.0 Å². The van der Waals surface area contributed by atoms with Gasteiger partial charge in [-0.15, -0.1) is 0 Å². The quantitative estimate of drug-likeness (QED) is 0.761. The predicted octanol–water partition coefficient (Wildman–Crippen LogP) is 1.29. The van der Waals surface area contributed by atoms with Gasteiger partial charge in [0.15, 0.2) is 11.2 Å². The van der Waals surface area contributed by atoms with Crippen molar-refractivity contribution in [2.75, 3.05) is 5.32 Å². The van der Waals surface area contributed by atoms with E-state index in [0.29, 0.717) is 10.7 Å². The molecule has 0 fully saturated rings. The Labute approximate surface area is 147 Å². The number of hydrogen-bond acceptors (Lipinski definition) is 4. The van der Waals surface area contributed by atoms with Crippen LogP contribution in [-0.4, -0.2) is 24.6 Å². The highest BCUT2D eigenvalue weighted by atomic mass is 35.5. The highest BCUT2D eigenvalue weighted by Crippen LogP contribution is 2.18. The summed E-state index contributed by atoms with van der Waals surface area (Å²) in [6.07, 6.45) is 1.38. The van der Waals surface area contributed by atoms with Crippen LogP contribution in [0.1, 0.15) is 13.0 Å². The SMILES string of the molecule is CC(C(=O)Nc1cccc(Cl)c1)n1cnc2c1c(=O)n(C)c(=O)n2C. The number of fused-ring (bicyclic) bond motifs is 1. The van der Waals surface area contributed by atoms with E-state index >= 15 is 0 Å². The summed E-state index contributed by atoms with van der Waals surface area (Å²) in [5, 5.41) is 3.25. The Morgan fingerprint density at radius 2 is 1.96 bits per heavy atom. The molecule has 0 saturated heterocycles. The molecule has 9 heteroatoms. The lowest BCUT2D eigenvalue weighted by Crippen LogP contribution is -2.38. The molecule has 130 valence electrons. The lowest BCUT2D eigenvalue weighted by atomic mass is 10.2. The van der Waals surface area contributed by atoms with Crippen LogP contribution in [-0.2, 0) is 18.9 Å². The second kappa shape index (κ2) is 6.21. The average molecular weight is 362 g/mol. The minimum atomic E-state index is -0.714. The van der Waals surface area contributed by atoms with Crippen LogP contribution in [0.2, 0.25) is 5.02 Å². The number of halogens is 1. The summed E-state index contributed by atoms with van der Waals surface area (Å²) in [6.45, 7) is 1.64. The molecule has 1 aromatic carbocycles. The fourth-order valence-corrected chi connectivity index (χ4v) is 2.79. The first-order valence-corrected chi connectivity index (χ1v) is 7.88. The number of amides is 1. The van der Waals surface area contributed by atoms with E-state index in [4.69, 9.17) is 11.6 Å². The molecule has 0 spiro atoms. The first-order valence-electron chi connectivity index (χ1n) is 7.50. The molecule has 0 bridgehead atoms. The van der Waals surface area contributed by atoms with Crippen LogP contribution < -0.4 is 16.6 Å². The van der Waals surface area contributed by atoms with E-state index < -0.39 is 17.3 Å². The molecule has 0 aliphatic heterocycles. The van der Waals surface area contributed by atoms with Crippen molar-refractivity contribution in [1.82, 2.24) is 18.7 Å². The summed E-state index contributed by atoms with van der Waals surface area (Å²) >= 11 is 5.91. The second-order valence-corrected chi connectivity index (χ2v) is 6.14. The van der Waals surface area contributed by atoms with Gasteiger partial charge in [-0.25, -0.2) is 9.78 Å². The zero-order valence-corrected chi connectivity index (χ0v) is 14.6. The van der Waals surface area contributed by atoms with Gasteiger partial charge in [0.2, 0.25) is 5.91 Å². The summed E-state index contributed by atoms with van der Waals surface area (Å²) in [5.74, 6) is -0.336. The molecular weight excluding hydrogens is 346 g/mol. The van der Waals surface area contributed by atoms with Crippen molar-refractivity contribution in [2.24, 2.45) is 14.1 Å². The lowest BCUT2D eigenvalue weighted by Gasteiger charge is -2.15. The zero-order chi connectivity index (χ0) is 18.3. The number of aryl methyl sites for hydroxylation is 1. The van der Waals surface area contributed by atoms with E-state index in [9.17, 15) is 14.4 Å². The minimum Gasteiger partial charge on any atom is -0.324 e. The van der Waals surface area contributed by atoms with Crippen LogP contribution in [0.5, 0.6) is 0 Å². The van der Waals surface area contributed by atoms with Crippen LogP contribution in [0.25, 0.3) is 11.2 Å². The number of nitrogens with zero attached hydrogens (tertiary/aromatic N) is 4. The fraction of sp³-hybridized carbons (Fsp3) is 0.250. The van der Waals surface area contributed by atoms with Crippen LogP contribution in [0.15, 0.2) is 40.2 Å². The summed E-state index contributed by atoms with van der Waals surface area (Å²) in [4.78, 5) is 41.1. The number of hydrogen-bond donors (Lipinski definition) is 1. The number of anilines is 1. The molecule has 3 aromatic rings. The molecule has 1 N–H and O–H groups in total. The van der Waals surface area contributed by atoms with E-state index in [1.807, 2.05) is 0 Å². The third-order valence-corrected chi connectivity index (χ3v) is 4.30. The van der Waals surface area contributed by atoms with Gasteiger partial charge in [0.25, 0.3) is 5.56 Å². The number of carbonyl (C=O) groups excluding carboxylic acids is 1. The third kappa shape index (κ3) is 2.85. The number of imidazole rings is 1.